The molecule has 15 heavy (non-hydrogen) atoms. The molecule has 0 aliphatic carbocycles. The summed E-state index contributed by atoms with van der Waals surface area (Å²) >= 11 is 0. The number of aldehydes is 1. The molecule has 4 nitrogen and oxygen atoms in total. The van der Waals surface area contributed by atoms with Gasteiger partial charge in [0.05, 0.1) is 12.8 Å². The summed E-state index contributed by atoms with van der Waals surface area (Å²) in [4.78, 5) is 32.2. The number of nitrogens with one attached hydrogen (secondary N) is 1. The van der Waals surface area contributed by atoms with Crippen LogP contribution in [-0.4, -0.2) is 18.0 Å². The Balaban J connectivity index is 2.43. The fourth-order valence-electron chi connectivity index (χ4n) is 1.07. The highest BCUT2D eigenvalue weighted by Crippen LogP contribution is 2.05. The zero-order chi connectivity index (χ0) is 11.1. The van der Waals surface area contributed by atoms with Crippen molar-refractivity contribution in [2.75, 3.05) is 5.32 Å². The minimum Gasteiger partial charge on any atom is -0.326 e. The highest BCUT2D eigenvalue weighted by Gasteiger charge is 2.08. The topological polar surface area (TPSA) is 63.2 Å². The van der Waals surface area contributed by atoms with Gasteiger partial charge in [-0.3, -0.25) is 9.59 Å². The molecular formula is C11H11NO3. The smallest absolute Gasteiger partial charge is 0.231 e. The van der Waals surface area contributed by atoms with Crippen molar-refractivity contribution in [3.8, 4) is 0 Å². The molecule has 1 aromatic rings. The van der Waals surface area contributed by atoms with Crippen LogP contribution < -0.4 is 5.32 Å². The third-order valence-electron chi connectivity index (χ3n) is 1.73. The summed E-state index contributed by atoms with van der Waals surface area (Å²) in [6.07, 6.45) is 0.0357. The molecule has 0 spiro atoms. The molecule has 0 saturated heterocycles. The molecule has 4 heteroatoms. The zero-order valence-electron chi connectivity index (χ0n) is 8.10. The normalized spacial score (nSPS) is 9.33. The van der Waals surface area contributed by atoms with E-state index in [-0.39, 0.29) is 18.6 Å². The largest absolute Gasteiger partial charge is 0.326 e. The van der Waals surface area contributed by atoms with Crippen molar-refractivity contribution in [1.82, 2.24) is 0 Å². The van der Waals surface area contributed by atoms with Crippen LogP contribution in [-0.2, 0) is 14.4 Å². The maximum Gasteiger partial charge on any atom is 0.231 e. The van der Waals surface area contributed by atoms with Crippen molar-refractivity contribution < 1.29 is 14.4 Å². The molecule has 78 valence electrons. The molecule has 0 saturated carbocycles. The number of para-hydroxylation sites is 1. The Labute approximate surface area is 87.3 Å². The minimum absolute atomic E-state index is 0.206. The van der Waals surface area contributed by atoms with Crippen LogP contribution >= 0.6 is 0 Å². The van der Waals surface area contributed by atoms with Crippen molar-refractivity contribution in [1.29, 1.82) is 0 Å². The van der Waals surface area contributed by atoms with Crippen LogP contribution in [0.5, 0.6) is 0 Å². The number of amides is 1. The first-order chi connectivity index (χ1) is 7.22. The third-order valence-corrected chi connectivity index (χ3v) is 1.73. The number of benzene rings is 1. The molecule has 0 bridgehead atoms. The van der Waals surface area contributed by atoms with Crippen molar-refractivity contribution in [3.63, 3.8) is 0 Å². The van der Waals surface area contributed by atoms with Crippen LogP contribution in [0, 0.1) is 0 Å². The summed E-state index contributed by atoms with van der Waals surface area (Å²) in [7, 11) is 0. The molecule has 1 aromatic carbocycles. The summed E-state index contributed by atoms with van der Waals surface area (Å²) < 4.78 is 0. The lowest BCUT2D eigenvalue weighted by atomic mass is 10.2. The summed E-state index contributed by atoms with van der Waals surface area (Å²) in [5, 5.41) is 2.56. The first-order valence-electron chi connectivity index (χ1n) is 4.52. The maximum atomic E-state index is 11.2. The van der Waals surface area contributed by atoms with Gasteiger partial charge in [0, 0.05) is 5.69 Å². The van der Waals surface area contributed by atoms with E-state index in [0.29, 0.717) is 12.0 Å². The van der Waals surface area contributed by atoms with Gasteiger partial charge < -0.3 is 10.1 Å². The highest BCUT2D eigenvalue weighted by atomic mass is 16.2. The fourth-order valence-corrected chi connectivity index (χ4v) is 1.07. The monoisotopic (exact) mass is 205 g/mol. The Hall–Kier alpha value is -1.97. The summed E-state index contributed by atoms with van der Waals surface area (Å²) in [6, 6.07) is 8.84. The summed E-state index contributed by atoms with van der Waals surface area (Å²) in [5.41, 5.74) is 0.640. The molecule has 0 radical (unpaired) electrons. The van der Waals surface area contributed by atoms with Crippen molar-refractivity contribution in [2.45, 2.75) is 12.8 Å². The molecule has 0 aliphatic heterocycles. The Kier molecular flexibility index (Phi) is 4.22. The van der Waals surface area contributed by atoms with Gasteiger partial charge in [-0.15, -0.1) is 0 Å². The van der Waals surface area contributed by atoms with E-state index in [0.717, 1.165) is 0 Å². The van der Waals surface area contributed by atoms with E-state index in [4.69, 9.17) is 0 Å². The molecule has 0 heterocycles. The Morgan fingerprint density at radius 3 is 2.47 bits per heavy atom. The maximum absolute atomic E-state index is 11.2. The summed E-state index contributed by atoms with van der Waals surface area (Å²) in [5.74, 6) is -0.772. The van der Waals surface area contributed by atoms with E-state index in [1.165, 1.54) is 0 Å². The molecular weight excluding hydrogens is 194 g/mol. The molecule has 0 fully saturated rings. The van der Waals surface area contributed by atoms with Crippen molar-refractivity contribution in [3.05, 3.63) is 30.3 Å². The number of carbonyl (C=O) groups excluding carboxylic acids is 3. The SMILES string of the molecule is O=CCC(=O)CC(=O)Nc1ccccc1. The Morgan fingerprint density at radius 1 is 1.20 bits per heavy atom. The standard InChI is InChI=1S/C11H11NO3/c13-7-6-10(14)8-11(15)12-9-4-2-1-3-5-9/h1-5,7H,6,8H2,(H,12,15). The third kappa shape index (κ3) is 4.17. The van der Waals surface area contributed by atoms with Crippen LogP contribution in [0.25, 0.3) is 0 Å². The number of Topliss-reactive ketones (excluding diaryl/α,β-unsaturated/α-hetero) is 1. The lowest BCUT2D eigenvalue weighted by Crippen LogP contribution is -2.16. The van der Waals surface area contributed by atoms with E-state index in [2.05, 4.69) is 5.32 Å². The first kappa shape index (κ1) is 11.1. The van der Waals surface area contributed by atoms with E-state index >= 15 is 0 Å². The number of carbonyl (C=O) groups is 3. The van der Waals surface area contributed by atoms with Crippen LogP contribution in [0.4, 0.5) is 5.69 Å². The molecule has 1 amide bonds. The van der Waals surface area contributed by atoms with Gasteiger partial charge in [-0.2, -0.15) is 0 Å². The quantitative estimate of drug-likeness (QED) is 0.579. The van der Waals surface area contributed by atoms with Crippen LogP contribution in [0.15, 0.2) is 30.3 Å². The number of rotatable bonds is 5. The molecule has 1 rings (SSSR count). The predicted molar refractivity (Wildman–Crippen MR) is 55.4 cm³/mol. The van der Waals surface area contributed by atoms with Gasteiger partial charge in [-0.25, -0.2) is 0 Å². The first-order valence-corrected chi connectivity index (χ1v) is 4.52. The van der Waals surface area contributed by atoms with Crippen LogP contribution in [0.3, 0.4) is 0 Å². The average molecular weight is 205 g/mol. The fraction of sp³-hybridized carbons (Fsp3) is 0.182. The second kappa shape index (κ2) is 5.70. The molecule has 1 N–H and O–H groups in total. The van der Waals surface area contributed by atoms with Gasteiger partial charge >= 0.3 is 0 Å². The van der Waals surface area contributed by atoms with Gasteiger partial charge in [0.15, 0.2) is 0 Å². The van der Waals surface area contributed by atoms with E-state index in [1.807, 2.05) is 6.07 Å². The molecule has 0 aliphatic rings. The molecule has 0 atom stereocenters. The van der Waals surface area contributed by atoms with Gasteiger partial charge in [0.25, 0.3) is 0 Å². The van der Waals surface area contributed by atoms with Crippen LogP contribution in [0.2, 0.25) is 0 Å². The lowest BCUT2D eigenvalue weighted by Gasteiger charge is -2.02. The predicted octanol–water partition coefficient (Wildman–Crippen LogP) is 1.17. The highest BCUT2D eigenvalue weighted by molar-refractivity contribution is 6.07. The number of ketones is 1. The van der Waals surface area contributed by atoms with Crippen molar-refractivity contribution >= 4 is 23.7 Å². The second-order valence-corrected chi connectivity index (χ2v) is 3.00. The molecule has 0 aromatic heterocycles. The zero-order valence-corrected chi connectivity index (χ0v) is 8.10. The second-order valence-electron chi connectivity index (χ2n) is 3.00. The van der Waals surface area contributed by atoms with Gasteiger partial charge in [0.1, 0.15) is 12.1 Å². The van der Waals surface area contributed by atoms with E-state index < -0.39 is 5.91 Å². The number of hydrogen-bond acceptors (Lipinski definition) is 3. The van der Waals surface area contributed by atoms with Crippen molar-refractivity contribution in [2.24, 2.45) is 0 Å². The minimum atomic E-state index is -0.395. The molecule has 0 unspecified atom stereocenters. The van der Waals surface area contributed by atoms with E-state index in [1.54, 1.807) is 24.3 Å². The Morgan fingerprint density at radius 2 is 1.87 bits per heavy atom. The number of hydrogen-bond donors (Lipinski definition) is 1. The lowest BCUT2D eigenvalue weighted by molar-refractivity contribution is -0.126. The van der Waals surface area contributed by atoms with E-state index in [9.17, 15) is 14.4 Å². The number of anilines is 1. The van der Waals surface area contributed by atoms with Gasteiger partial charge in [0.2, 0.25) is 5.91 Å². The van der Waals surface area contributed by atoms with Gasteiger partial charge in [-0.05, 0) is 12.1 Å². The Bertz CT molecular complexity index is 359. The average Bonchev–Trinajstić information content (AvgIpc) is 2.19. The van der Waals surface area contributed by atoms with Crippen LogP contribution in [0.1, 0.15) is 12.8 Å². The van der Waals surface area contributed by atoms with Gasteiger partial charge in [-0.1, -0.05) is 18.2 Å². The summed E-state index contributed by atoms with van der Waals surface area (Å²) in [6.45, 7) is 0.